The van der Waals surface area contributed by atoms with Gasteiger partial charge in [0, 0.05) is 65.3 Å². The number of fused-ring (bicyclic) bond motifs is 9. The third-order valence-corrected chi connectivity index (χ3v) is 3.79. The van der Waals surface area contributed by atoms with Crippen molar-refractivity contribution in [2.45, 2.75) is 6.42 Å². The largest absolute Gasteiger partial charge is 0.331 e. The van der Waals surface area contributed by atoms with E-state index in [2.05, 4.69) is 16.3 Å². The number of nitriles is 1. The number of amides is 2. The van der Waals surface area contributed by atoms with Crippen LogP contribution in [0.3, 0.4) is 0 Å². The third-order valence-electron chi connectivity index (χ3n) is 3.79. The van der Waals surface area contributed by atoms with E-state index in [9.17, 15) is 9.59 Å². The molecule has 0 radical (unpaired) electrons. The van der Waals surface area contributed by atoms with Crippen molar-refractivity contribution in [3.05, 3.63) is 0 Å². The van der Waals surface area contributed by atoms with E-state index in [-0.39, 0.29) is 5.91 Å². The van der Waals surface area contributed by atoms with Gasteiger partial charge in [0.1, 0.15) is 0 Å². The van der Waals surface area contributed by atoms with Crippen molar-refractivity contribution < 1.29 is 9.59 Å². The van der Waals surface area contributed by atoms with Crippen LogP contribution in [0.1, 0.15) is 6.42 Å². The summed E-state index contributed by atoms with van der Waals surface area (Å²) in [4.78, 5) is 29.3. The Morgan fingerprint density at radius 1 is 0.950 bits per heavy atom. The number of carbonyl (C=O) groups is 2. The van der Waals surface area contributed by atoms with Crippen LogP contribution < -0.4 is 5.32 Å². The van der Waals surface area contributed by atoms with Crippen molar-refractivity contribution in [3.63, 3.8) is 0 Å². The number of piperazine rings is 1. The summed E-state index contributed by atoms with van der Waals surface area (Å²) < 4.78 is 0. The van der Waals surface area contributed by atoms with Crippen molar-refractivity contribution in [2.75, 3.05) is 58.9 Å². The minimum absolute atomic E-state index is 0.387. The molecule has 3 rings (SSSR count). The van der Waals surface area contributed by atoms with Crippen LogP contribution >= 0.6 is 0 Å². The van der Waals surface area contributed by atoms with E-state index in [1.165, 1.54) is 0 Å². The minimum Gasteiger partial charge on any atom is -0.331 e. The Bertz CT molecular complexity index is 404. The van der Waals surface area contributed by atoms with Crippen LogP contribution in [0.4, 0.5) is 0 Å². The topological polar surface area (TPSA) is 79.7 Å². The van der Waals surface area contributed by atoms with Crippen molar-refractivity contribution in [2.24, 2.45) is 0 Å². The summed E-state index contributed by atoms with van der Waals surface area (Å²) in [6, 6.07) is 2.15. The fourth-order valence-corrected chi connectivity index (χ4v) is 2.52. The third kappa shape index (κ3) is 3.68. The van der Waals surface area contributed by atoms with Gasteiger partial charge in [0.2, 0.25) is 0 Å². The molecule has 3 heterocycles. The summed E-state index contributed by atoms with van der Waals surface area (Å²) in [7, 11) is 0. The average molecular weight is 279 g/mol. The molecule has 20 heavy (non-hydrogen) atoms. The van der Waals surface area contributed by atoms with Crippen LogP contribution in [-0.4, -0.2) is 85.4 Å². The monoisotopic (exact) mass is 279 g/mol. The van der Waals surface area contributed by atoms with Gasteiger partial charge in [-0.2, -0.15) is 5.26 Å². The fraction of sp³-hybridized carbons (Fsp3) is 0.769. The summed E-state index contributed by atoms with van der Waals surface area (Å²) in [5.74, 6) is -0.778. The number of nitrogens with one attached hydrogen (secondary N) is 1. The first-order chi connectivity index (χ1) is 9.72. The van der Waals surface area contributed by atoms with Gasteiger partial charge < -0.3 is 15.1 Å². The van der Waals surface area contributed by atoms with Crippen LogP contribution in [0.2, 0.25) is 0 Å². The molecule has 0 aromatic carbocycles. The van der Waals surface area contributed by atoms with Gasteiger partial charge in [0.25, 0.3) is 0 Å². The Morgan fingerprint density at radius 3 is 2.25 bits per heavy atom. The molecule has 0 saturated carbocycles. The molecule has 3 saturated heterocycles. The highest BCUT2D eigenvalue weighted by atomic mass is 16.2. The highest BCUT2D eigenvalue weighted by Gasteiger charge is 2.32. The van der Waals surface area contributed by atoms with Crippen LogP contribution in [-0.2, 0) is 9.59 Å². The van der Waals surface area contributed by atoms with Gasteiger partial charge in [-0.25, -0.2) is 0 Å². The molecule has 3 aliphatic heterocycles. The van der Waals surface area contributed by atoms with Gasteiger partial charge in [0.15, 0.2) is 0 Å². The number of hydrogen-bond donors (Lipinski definition) is 1. The second-order valence-corrected chi connectivity index (χ2v) is 5.08. The molecule has 1 N–H and O–H groups in total. The first-order valence-electron chi connectivity index (χ1n) is 7.10. The van der Waals surface area contributed by atoms with Crippen LogP contribution in [0.5, 0.6) is 0 Å². The van der Waals surface area contributed by atoms with Crippen LogP contribution in [0, 0.1) is 11.3 Å². The van der Waals surface area contributed by atoms with E-state index in [0.717, 1.165) is 13.1 Å². The fourth-order valence-electron chi connectivity index (χ4n) is 2.52. The predicted molar refractivity (Wildman–Crippen MR) is 72.7 cm³/mol. The lowest BCUT2D eigenvalue weighted by molar-refractivity contribution is -0.156. The standard InChI is InChI=1S/C13H21N5O2/c14-2-1-5-16-6-3-15-4-7-17-10-11-18(9-8-16)13(20)12(17)19/h15H,1,3-11H2. The first-order valence-corrected chi connectivity index (χ1v) is 7.10. The lowest BCUT2D eigenvalue weighted by atomic mass is 10.2. The van der Waals surface area contributed by atoms with Gasteiger partial charge >= 0.3 is 11.8 Å². The maximum Gasteiger partial charge on any atom is 0.312 e. The number of nitrogens with zero attached hydrogens (tertiary/aromatic N) is 4. The molecular weight excluding hydrogens is 258 g/mol. The van der Waals surface area contributed by atoms with Crippen molar-refractivity contribution >= 4 is 11.8 Å². The molecule has 2 bridgehead atoms. The van der Waals surface area contributed by atoms with E-state index < -0.39 is 5.91 Å². The zero-order valence-corrected chi connectivity index (χ0v) is 11.7. The van der Waals surface area contributed by atoms with Gasteiger partial charge in [-0.3, -0.25) is 14.5 Å². The quantitative estimate of drug-likeness (QED) is 0.621. The summed E-state index contributed by atoms with van der Waals surface area (Å²) in [6.07, 6.45) is 0.487. The van der Waals surface area contributed by atoms with Crippen LogP contribution in [0.15, 0.2) is 0 Å². The summed E-state index contributed by atoms with van der Waals surface area (Å²) >= 11 is 0. The zero-order valence-electron chi connectivity index (χ0n) is 11.7. The molecule has 110 valence electrons. The Morgan fingerprint density at radius 2 is 1.55 bits per heavy atom. The van der Waals surface area contributed by atoms with Crippen molar-refractivity contribution in [1.29, 1.82) is 5.26 Å². The zero-order chi connectivity index (χ0) is 14.4. The van der Waals surface area contributed by atoms with Crippen molar-refractivity contribution in [3.8, 4) is 6.07 Å². The molecule has 2 amide bonds. The summed E-state index contributed by atoms with van der Waals surface area (Å²) in [5, 5.41) is 12.0. The summed E-state index contributed by atoms with van der Waals surface area (Å²) in [6.45, 7) is 6.17. The molecule has 0 aromatic heterocycles. The minimum atomic E-state index is -0.392. The maximum atomic E-state index is 12.0. The Kier molecular flexibility index (Phi) is 5.32. The second-order valence-electron chi connectivity index (χ2n) is 5.08. The van der Waals surface area contributed by atoms with E-state index in [4.69, 9.17) is 5.26 Å². The maximum absolute atomic E-state index is 12.0. The van der Waals surface area contributed by atoms with Crippen LogP contribution in [0.25, 0.3) is 0 Å². The van der Waals surface area contributed by atoms with E-state index in [1.807, 2.05) is 0 Å². The summed E-state index contributed by atoms with van der Waals surface area (Å²) in [5.41, 5.74) is 0. The first kappa shape index (κ1) is 14.8. The molecule has 0 aromatic rings. The van der Waals surface area contributed by atoms with Gasteiger partial charge in [-0.1, -0.05) is 0 Å². The molecule has 0 aliphatic carbocycles. The average Bonchev–Trinajstić information content (AvgIpc) is 2.44. The highest BCUT2D eigenvalue weighted by molar-refractivity contribution is 6.35. The predicted octanol–water partition coefficient (Wildman–Crippen LogP) is -1.52. The Hall–Kier alpha value is -1.65. The molecular formula is C13H21N5O2. The molecule has 0 unspecified atom stereocenters. The lowest BCUT2D eigenvalue weighted by Gasteiger charge is -2.35. The molecule has 7 nitrogen and oxygen atoms in total. The van der Waals surface area contributed by atoms with Gasteiger partial charge in [-0.15, -0.1) is 0 Å². The normalized spacial score (nSPS) is 22.4. The highest BCUT2D eigenvalue weighted by Crippen LogP contribution is 2.06. The molecule has 0 spiro atoms. The van der Waals surface area contributed by atoms with Gasteiger partial charge in [0.05, 0.1) is 6.07 Å². The van der Waals surface area contributed by atoms with E-state index in [1.54, 1.807) is 9.80 Å². The number of hydrogen-bond acceptors (Lipinski definition) is 5. The van der Waals surface area contributed by atoms with Gasteiger partial charge in [-0.05, 0) is 0 Å². The van der Waals surface area contributed by atoms with E-state index in [0.29, 0.717) is 52.2 Å². The second kappa shape index (κ2) is 7.22. The Labute approximate surface area is 119 Å². The number of rotatable bonds is 2. The van der Waals surface area contributed by atoms with E-state index >= 15 is 0 Å². The SMILES string of the molecule is N#CCCN1CCNCCN2CCN(CC1)C(=O)C2=O. The molecule has 7 heteroatoms. The smallest absolute Gasteiger partial charge is 0.312 e. The Balaban J connectivity index is 1.99. The molecule has 3 fully saturated rings. The number of carbonyl (C=O) groups excluding carboxylic acids is 2. The van der Waals surface area contributed by atoms with Crippen molar-refractivity contribution in [1.82, 2.24) is 20.0 Å². The molecule has 0 atom stereocenters. The molecule has 3 aliphatic rings. The lowest BCUT2D eigenvalue weighted by Crippen LogP contribution is -2.57.